The van der Waals surface area contributed by atoms with Crippen LogP contribution in [0.15, 0.2) is 48.7 Å². The molecule has 3 atom stereocenters. The number of rotatable bonds is 3. The van der Waals surface area contributed by atoms with E-state index >= 15 is 0 Å². The maximum atomic E-state index is 12.9. The number of carbonyl (C=O) groups is 2. The minimum atomic E-state index is -0.282. The molecule has 2 aromatic rings. The van der Waals surface area contributed by atoms with E-state index in [0.29, 0.717) is 37.4 Å². The Balaban J connectivity index is 1.09. The van der Waals surface area contributed by atoms with Gasteiger partial charge in [0.15, 0.2) is 0 Å². The van der Waals surface area contributed by atoms with Crippen LogP contribution in [0.25, 0.3) is 6.08 Å². The highest BCUT2D eigenvalue weighted by Crippen LogP contribution is 2.34. The molecule has 8 nitrogen and oxygen atoms in total. The standard InChI is InChI=1S/C26H29N5O3/c32-24(31-15-20-13-30(14-21(20)16-31)22-4-2-1-3-5-22)7-6-18-10-19-12-29-8-9-34-17-23(29)26(33)28-25(19)27-11-18/h1-7,10-11,20-21,23H,8-9,12-17H2,(H,27,28,33)/t20-,21+,23?. The van der Waals surface area contributed by atoms with Crippen molar-refractivity contribution in [2.24, 2.45) is 11.8 Å². The minimum absolute atomic E-state index is 0.0529. The van der Waals surface area contributed by atoms with E-state index in [9.17, 15) is 9.59 Å². The van der Waals surface area contributed by atoms with Gasteiger partial charge in [0.2, 0.25) is 11.8 Å². The van der Waals surface area contributed by atoms with Crippen LogP contribution in [0.5, 0.6) is 0 Å². The topological polar surface area (TPSA) is 78.0 Å². The first-order valence-electron chi connectivity index (χ1n) is 12.0. The van der Waals surface area contributed by atoms with Crippen molar-refractivity contribution >= 4 is 29.4 Å². The van der Waals surface area contributed by atoms with Crippen molar-refractivity contribution in [3.63, 3.8) is 0 Å². The number of anilines is 2. The van der Waals surface area contributed by atoms with Gasteiger partial charge in [-0.15, -0.1) is 0 Å². The lowest BCUT2D eigenvalue weighted by molar-refractivity contribution is -0.127. The third-order valence-electron chi connectivity index (χ3n) is 7.48. The molecule has 0 radical (unpaired) electrons. The van der Waals surface area contributed by atoms with Gasteiger partial charge in [-0.2, -0.15) is 0 Å². The maximum Gasteiger partial charge on any atom is 0.246 e. The van der Waals surface area contributed by atoms with E-state index in [0.717, 1.165) is 43.9 Å². The van der Waals surface area contributed by atoms with Gasteiger partial charge in [0.1, 0.15) is 11.9 Å². The van der Waals surface area contributed by atoms with Crippen LogP contribution in [0.1, 0.15) is 11.1 Å². The molecule has 0 aliphatic carbocycles. The van der Waals surface area contributed by atoms with Crippen LogP contribution < -0.4 is 10.2 Å². The molecular formula is C26H29N5O3. The molecule has 3 saturated heterocycles. The van der Waals surface area contributed by atoms with Gasteiger partial charge in [0.05, 0.1) is 13.2 Å². The van der Waals surface area contributed by atoms with Crippen molar-refractivity contribution in [2.75, 3.05) is 56.2 Å². The molecule has 176 valence electrons. The first-order valence-corrected chi connectivity index (χ1v) is 12.0. The number of ether oxygens (including phenoxy) is 1. The highest BCUT2D eigenvalue weighted by Gasteiger charge is 2.41. The zero-order valence-corrected chi connectivity index (χ0v) is 19.1. The molecule has 4 aliphatic heterocycles. The lowest BCUT2D eigenvalue weighted by Crippen LogP contribution is -2.49. The molecule has 2 amide bonds. The van der Waals surface area contributed by atoms with Crippen LogP contribution in [0, 0.1) is 11.8 Å². The Bertz CT molecular complexity index is 1110. The Hall–Kier alpha value is -3.23. The second-order valence-electron chi connectivity index (χ2n) is 9.66. The number of morpholine rings is 1. The second-order valence-corrected chi connectivity index (χ2v) is 9.66. The third-order valence-corrected chi connectivity index (χ3v) is 7.48. The van der Waals surface area contributed by atoms with Gasteiger partial charge in [-0.05, 0) is 29.8 Å². The molecule has 6 rings (SSSR count). The van der Waals surface area contributed by atoms with Crippen LogP contribution in [-0.4, -0.2) is 78.6 Å². The van der Waals surface area contributed by atoms with Gasteiger partial charge in [0, 0.05) is 74.6 Å². The summed E-state index contributed by atoms with van der Waals surface area (Å²) in [5.74, 6) is 1.62. The number of pyridine rings is 1. The minimum Gasteiger partial charge on any atom is -0.378 e. The second kappa shape index (κ2) is 8.85. The molecule has 0 spiro atoms. The molecule has 1 N–H and O–H groups in total. The van der Waals surface area contributed by atoms with Gasteiger partial charge >= 0.3 is 0 Å². The van der Waals surface area contributed by atoms with Gasteiger partial charge in [0.25, 0.3) is 0 Å². The number of likely N-dealkylation sites (tertiary alicyclic amines) is 1. The van der Waals surface area contributed by atoms with Crippen molar-refractivity contribution in [1.29, 1.82) is 0 Å². The Kier molecular flexibility index (Phi) is 5.55. The fourth-order valence-corrected chi connectivity index (χ4v) is 5.64. The van der Waals surface area contributed by atoms with Gasteiger partial charge in [-0.1, -0.05) is 18.2 Å². The number of fused-ring (bicyclic) bond motifs is 3. The number of hydrogen-bond acceptors (Lipinski definition) is 6. The largest absolute Gasteiger partial charge is 0.378 e. The summed E-state index contributed by atoms with van der Waals surface area (Å²) in [7, 11) is 0. The van der Waals surface area contributed by atoms with Crippen LogP contribution in [0.3, 0.4) is 0 Å². The van der Waals surface area contributed by atoms with Crippen molar-refractivity contribution in [3.05, 3.63) is 59.8 Å². The number of hydrogen-bond donors (Lipinski definition) is 1. The average Bonchev–Trinajstić information content (AvgIpc) is 3.40. The summed E-state index contributed by atoms with van der Waals surface area (Å²) in [6.07, 6.45) is 5.20. The Morgan fingerprint density at radius 3 is 2.71 bits per heavy atom. The zero-order chi connectivity index (χ0) is 23.1. The number of nitrogens with one attached hydrogen (secondary N) is 1. The summed E-state index contributed by atoms with van der Waals surface area (Å²) >= 11 is 0. The van der Waals surface area contributed by atoms with Crippen LogP contribution in [0.2, 0.25) is 0 Å². The summed E-state index contributed by atoms with van der Waals surface area (Å²) in [6.45, 7) is 6.02. The number of nitrogens with zero attached hydrogens (tertiary/aromatic N) is 4. The lowest BCUT2D eigenvalue weighted by Gasteiger charge is -2.32. The zero-order valence-electron chi connectivity index (χ0n) is 19.1. The summed E-state index contributed by atoms with van der Waals surface area (Å²) in [6, 6.07) is 12.3. The first-order chi connectivity index (χ1) is 16.6. The van der Waals surface area contributed by atoms with Crippen molar-refractivity contribution < 1.29 is 14.3 Å². The van der Waals surface area contributed by atoms with Crippen molar-refractivity contribution in [1.82, 2.24) is 14.8 Å². The molecule has 4 aliphatic rings. The Morgan fingerprint density at radius 2 is 1.91 bits per heavy atom. The molecular weight excluding hydrogens is 430 g/mol. The van der Waals surface area contributed by atoms with E-state index in [1.165, 1.54) is 5.69 Å². The fraction of sp³-hybridized carbons (Fsp3) is 0.423. The van der Waals surface area contributed by atoms with Gasteiger partial charge in [-0.3, -0.25) is 14.5 Å². The predicted octanol–water partition coefficient (Wildman–Crippen LogP) is 1.84. The highest BCUT2D eigenvalue weighted by molar-refractivity contribution is 5.96. The average molecular weight is 460 g/mol. The number of carbonyl (C=O) groups excluding carboxylic acids is 2. The molecule has 1 unspecified atom stereocenters. The van der Waals surface area contributed by atoms with Crippen LogP contribution in [-0.2, 0) is 20.9 Å². The highest BCUT2D eigenvalue weighted by atomic mass is 16.5. The smallest absolute Gasteiger partial charge is 0.246 e. The number of amides is 2. The molecule has 0 bridgehead atoms. The van der Waals surface area contributed by atoms with Gasteiger partial charge in [-0.25, -0.2) is 4.98 Å². The predicted molar refractivity (Wildman–Crippen MR) is 129 cm³/mol. The molecule has 8 heteroatoms. The SMILES string of the molecule is O=C1Nc2ncc(C=CC(=O)N3C[C@@H]4CN(c5ccccc5)C[C@@H]4C3)cc2CN2CCOCC12. The van der Waals surface area contributed by atoms with E-state index in [-0.39, 0.29) is 17.9 Å². The molecule has 0 saturated carbocycles. The molecule has 1 aromatic carbocycles. The maximum absolute atomic E-state index is 12.9. The number of benzene rings is 1. The Morgan fingerprint density at radius 1 is 1.12 bits per heavy atom. The van der Waals surface area contributed by atoms with Crippen molar-refractivity contribution in [2.45, 2.75) is 12.6 Å². The van der Waals surface area contributed by atoms with E-state index in [2.05, 4.69) is 44.4 Å². The van der Waals surface area contributed by atoms with E-state index in [1.807, 2.05) is 23.1 Å². The van der Waals surface area contributed by atoms with Crippen molar-refractivity contribution in [3.8, 4) is 0 Å². The van der Waals surface area contributed by atoms with Crippen LogP contribution >= 0.6 is 0 Å². The van der Waals surface area contributed by atoms with E-state index in [4.69, 9.17) is 4.74 Å². The number of para-hydroxylation sites is 1. The molecule has 1 aromatic heterocycles. The fourth-order valence-electron chi connectivity index (χ4n) is 5.64. The van der Waals surface area contributed by atoms with Crippen LogP contribution in [0.4, 0.5) is 11.5 Å². The number of aromatic nitrogens is 1. The quantitative estimate of drug-likeness (QED) is 0.706. The molecule has 5 heterocycles. The van der Waals surface area contributed by atoms with E-state index < -0.39 is 0 Å². The normalized spacial score (nSPS) is 26.7. The Labute approximate surface area is 199 Å². The summed E-state index contributed by atoms with van der Waals surface area (Å²) in [5.41, 5.74) is 3.09. The summed E-state index contributed by atoms with van der Waals surface area (Å²) in [4.78, 5) is 36.4. The molecule has 34 heavy (non-hydrogen) atoms. The summed E-state index contributed by atoms with van der Waals surface area (Å²) in [5, 5.41) is 2.92. The van der Waals surface area contributed by atoms with Gasteiger partial charge < -0.3 is 19.9 Å². The van der Waals surface area contributed by atoms with E-state index in [1.54, 1.807) is 12.3 Å². The summed E-state index contributed by atoms with van der Waals surface area (Å²) < 4.78 is 5.48. The first kappa shape index (κ1) is 21.3. The third kappa shape index (κ3) is 4.08. The monoisotopic (exact) mass is 459 g/mol. The lowest BCUT2D eigenvalue weighted by atomic mass is 10.0. The molecule has 3 fully saturated rings.